The topological polar surface area (TPSA) is 12.5 Å². The molecule has 0 aromatic rings. The van der Waals surface area contributed by atoms with Crippen molar-refractivity contribution in [2.24, 2.45) is 0 Å². The third-order valence-corrected chi connectivity index (χ3v) is 2.27. The van der Waals surface area contributed by atoms with E-state index in [2.05, 4.69) is 13.0 Å². The Hall–Kier alpha value is -0.300. The quantitative estimate of drug-likeness (QED) is 0.355. The van der Waals surface area contributed by atoms with E-state index in [1.54, 1.807) is 0 Å². The first kappa shape index (κ1) is 5.48. The van der Waals surface area contributed by atoms with E-state index in [1.807, 2.05) is 0 Å². The Morgan fingerprint density at radius 3 is 3.22 bits per heavy atom. The van der Waals surface area contributed by atoms with Crippen molar-refractivity contribution in [3.05, 3.63) is 11.6 Å². The molecule has 0 aromatic carbocycles. The fourth-order valence-corrected chi connectivity index (χ4v) is 1.65. The van der Waals surface area contributed by atoms with Crippen molar-refractivity contribution in [2.75, 3.05) is 0 Å². The fraction of sp³-hybridized carbons (Fsp3) is 0.750. The highest BCUT2D eigenvalue weighted by atomic mass is 16.6. The second-order valence-corrected chi connectivity index (χ2v) is 2.85. The number of fused-ring (bicyclic) bond motifs is 1. The lowest BCUT2D eigenvalue weighted by Crippen LogP contribution is -2.04. The maximum Gasteiger partial charge on any atom is 0.105 e. The Labute approximate surface area is 55.7 Å². The SMILES string of the molecule is C/C=C1\CCCC2OC12. The third-order valence-electron chi connectivity index (χ3n) is 2.27. The lowest BCUT2D eigenvalue weighted by Gasteiger charge is -2.06. The summed E-state index contributed by atoms with van der Waals surface area (Å²) in [6, 6.07) is 0. The molecule has 0 aromatic heterocycles. The maximum absolute atomic E-state index is 5.41. The van der Waals surface area contributed by atoms with Gasteiger partial charge in [0.1, 0.15) is 6.10 Å². The summed E-state index contributed by atoms with van der Waals surface area (Å²) in [5, 5.41) is 0. The number of rotatable bonds is 0. The van der Waals surface area contributed by atoms with E-state index in [9.17, 15) is 0 Å². The Kier molecular flexibility index (Phi) is 1.12. The summed E-state index contributed by atoms with van der Waals surface area (Å²) < 4.78 is 5.41. The number of epoxide rings is 1. The van der Waals surface area contributed by atoms with Crippen molar-refractivity contribution in [1.82, 2.24) is 0 Å². The van der Waals surface area contributed by atoms with E-state index >= 15 is 0 Å². The fourth-order valence-electron chi connectivity index (χ4n) is 1.65. The molecule has 1 nitrogen and oxygen atoms in total. The van der Waals surface area contributed by atoms with E-state index in [1.165, 1.54) is 24.8 Å². The van der Waals surface area contributed by atoms with Gasteiger partial charge in [0.15, 0.2) is 0 Å². The van der Waals surface area contributed by atoms with Gasteiger partial charge in [0.05, 0.1) is 6.10 Å². The molecule has 50 valence electrons. The van der Waals surface area contributed by atoms with Crippen molar-refractivity contribution >= 4 is 0 Å². The van der Waals surface area contributed by atoms with Crippen LogP contribution in [0.15, 0.2) is 11.6 Å². The Morgan fingerprint density at radius 1 is 1.67 bits per heavy atom. The highest BCUT2D eigenvalue weighted by Gasteiger charge is 2.43. The molecule has 2 unspecified atom stereocenters. The van der Waals surface area contributed by atoms with Gasteiger partial charge in [-0.3, -0.25) is 0 Å². The smallest absolute Gasteiger partial charge is 0.105 e. The van der Waals surface area contributed by atoms with Crippen LogP contribution in [-0.4, -0.2) is 12.2 Å². The van der Waals surface area contributed by atoms with Gasteiger partial charge in [0.25, 0.3) is 0 Å². The molecular weight excluding hydrogens is 112 g/mol. The average molecular weight is 124 g/mol. The Morgan fingerprint density at radius 2 is 2.56 bits per heavy atom. The molecule has 1 saturated heterocycles. The van der Waals surface area contributed by atoms with Crippen molar-refractivity contribution in [2.45, 2.75) is 38.4 Å². The number of allylic oxidation sites excluding steroid dienone is 1. The third kappa shape index (κ3) is 0.799. The van der Waals surface area contributed by atoms with Crippen LogP contribution in [0.5, 0.6) is 0 Å². The zero-order chi connectivity index (χ0) is 6.27. The van der Waals surface area contributed by atoms with Gasteiger partial charge in [-0.1, -0.05) is 6.08 Å². The van der Waals surface area contributed by atoms with Gasteiger partial charge in [-0.2, -0.15) is 0 Å². The molecule has 0 N–H and O–H groups in total. The molecule has 2 atom stereocenters. The predicted octanol–water partition coefficient (Wildman–Crippen LogP) is 1.88. The molecule has 0 bridgehead atoms. The normalized spacial score (nSPS) is 44.8. The van der Waals surface area contributed by atoms with Crippen LogP contribution in [0, 0.1) is 0 Å². The van der Waals surface area contributed by atoms with Crippen LogP contribution in [-0.2, 0) is 4.74 Å². The van der Waals surface area contributed by atoms with E-state index in [-0.39, 0.29) is 0 Å². The zero-order valence-electron chi connectivity index (χ0n) is 5.76. The lowest BCUT2D eigenvalue weighted by atomic mass is 9.95. The summed E-state index contributed by atoms with van der Waals surface area (Å²) in [5.41, 5.74) is 1.53. The highest BCUT2D eigenvalue weighted by Crippen LogP contribution is 2.39. The van der Waals surface area contributed by atoms with Crippen LogP contribution >= 0.6 is 0 Å². The minimum Gasteiger partial charge on any atom is -0.365 e. The summed E-state index contributed by atoms with van der Waals surface area (Å²) in [6.07, 6.45) is 7.28. The van der Waals surface area contributed by atoms with Crippen molar-refractivity contribution < 1.29 is 4.74 Å². The zero-order valence-corrected chi connectivity index (χ0v) is 5.76. The first-order valence-corrected chi connectivity index (χ1v) is 3.72. The van der Waals surface area contributed by atoms with Gasteiger partial charge in [-0.15, -0.1) is 0 Å². The molecular formula is C8H12O. The Balaban J connectivity index is 2.09. The monoisotopic (exact) mass is 124 g/mol. The summed E-state index contributed by atoms with van der Waals surface area (Å²) in [6.45, 7) is 2.11. The largest absolute Gasteiger partial charge is 0.365 e. The first-order valence-electron chi connectivity index (χ1n) is 3.72. The van der Waals surface area contributed by atoms with Crippen LogP contribution < -0.4 is 0 Å². The minimum absolute atomic E-state index is 0.545. The molecule has 1 saturated carbocycles. The van der Waals surface area contributed by atoms with Gasteiger partial charge < -0.3 is 4.74 Å². The molecule has 0 amide bonds. The second-order valence-electron chi connectivity index (χ2n) is 2.85. The lowest BCUT2D eigenvalue weighted by molar-refractivity contribution is 0.384. The minimum atomic E-state index is 0.545. The summed E-state index contributed by atoms with van der Waals surface area (Å²) >= 11 is 0. The molecule has 2 aliphatic rings. The van der Waals surface area contributed by atoms with Gasteiger partial charge in [-0.25, -0.2) is 0 Å². The summed E-state index contributed by atoms with van der Waals surface area (Å²) in [5.74, 6) is 0. The van der Waals surface area contributed by atoms with Crippen LogP contribution in [0.1, 0.15) is 26.2 Å². The van der Waals surface area contributed by atoms with Crippen LogP contribution in [0.25, 0.3) is 0 Å². The first-order chi connectivity index (χ1) is 4.42. The molecule has 9 heavy (non-hydrogen) atoms. The number of ether oxygens (including phenoxy) is 1. The van der Waals surface area contributed by atoms with E-state index in [0.717, 1.165) is 0 Å². The van der Waals surface area contributed by atoms with Crippen molar-refractivity contribution in [1.29, 1.82) is 0 Å². The molecule has 1 heterocycles. The summed E-state index contributed by atoms with van der Waals surface area (Å²) in [7, 11) is 0. The molecule has 1 aliphatic carbocycles. The van der Waals surface area contributed by atoms with E-state index in [0.29, 0.717) is 12.2 Å². The summed E-state index contributed by atoms with van der Waals surface area (Å²) in [4.78, 5) is 0. The van der Waals surface area contributed by atoms with Crippen molar-refractivity contribution in [3.8, 4) is 0 Å². The standard InChI is InChI=1S/C8H12O/c1-2-6-4-3-5-7-8(6)9-7/h2,7-8H,3-5H2,1H3/b6-2+. The average Bonchev–Trinajstić information content (AvgIpc) is 2.64. The van der Waals surface area contributed by atoms with Crippen LogP contribution in [0.3, 0.4) is 0 Å². The van der Waals surface area contributed by atoms with E-state index in [4.69, 9.17) is 4.74 Å². The molecule has 2 rings (SSSR count). The van der Waals surface area contributed by atoms with Gasteiger partial charge in [-0.05, 0) is 31.8 Å². The second kappa shape index (κ2) is 1.84. The van der Waals surface area contributed by atoms with Crippen LogP contribution in [0.2, 0.25) is 0 Å². The molecule has 0 radical (unpaired) electrons. The molecule has 0 spiro atoms. The molecule has 1 heteroatoms. The molecule has 2 fully saturated rings. The number of hydrogen-bond acceptors (Lipinski definition) is 1. The predicted molar refractivity (Wildman–Crippen MR) is 36.3 cm³/mol. The van der Waals surface area contributed by atoms with E-state index < -0.39 is 0 Å². The molecule has 1 aliphatic heterocycles. The maximum atomic E-state index is 5.41. The highest BCUT2D eigenvalue weighted by molar-refractivity contribution is 5.18. The van der Waals surface area contributed by atoms with Gasteiger partial charge >= 0.3 is 0 Å². The van der Waals surface area contributed by atoms with Crippen LogP contribution in [0.4, 0.5) is 0 Å². The van der Waals surface area contributed by atoms with Crippen molar-refractivity contribution in [3.63, 3.8) is 0 Å². The van der Waals surface area contributed by atoms with Gasteiger partial charge in [0, 0.05) is 0 Å². The number of hydrogen-bond donors (Lipinski definition) is 0. The Bertz CT molecular complexity index is 149. The van der Waals surface area contributed by atoms with Gasteiger partial charge in [0.2, 0.25) is 0 Å².